The number of hydrogen-bond acceptors (Lipinski definition) is 6. The van der Waals surface area contributed by atoms with E-state index in [0.29, 0.717) is 12.5 Å². The average Bonchev–Trinajstić information content (AvgIpc) is 3.47. The average molecular weight is 533 g/mol. The van der Waals surface area contributed by atoms with Gasteiger partial charge in [-0.05, 0) is 69.3 Å². The lowest BCUT2D eigenvalue weighted by Crippen LogP contribution is -2.34. The second-order valence-electron chi connectivity index (χ2n) is 8.84. The van der Waals surface area contributed by atoms with Crippen LogP contribution in [0.3, 0.4) is 0 Å². The maximum Gasteiger partial charge on any atom is 0.171 e. The fourth-order valence-electron chi connectivity index (χ4n) is 4.82. The molecule has 1 aliphatic rings. The lowest BCUT2D eigenvalue weighted by atomic mass is 9.94. The van der Waals surface area contributed by atoms with Crippen molar-refractivity contribution in [1.82, 2.24) is 24.5 Å². The molecule has 0 spiro atoms. The largest absolute Gasteiger partial charge is 0.366 e. The van der Waals surface area contributed by atoms with Crippen LogP contribution in [0.4, 0.5) is 5.82 Å². The van der Waals surface area contributed by atoms with Crippen LogP contribution >= 0.6 is 27.3 Å². The van der Waals surface area contributed by atoms with Crippen LogP contribution in [0, 0.1) is 0 Å². The van der Waals surface area contributed by atoms with Crippen LogP contribution in [-0.2, 0) is 13.1 Å². The van der Waals surface area contributed by atoms with Gasteiger partial charge in [0.2, 0.25) is 0 Å². The Kier molecular flexibility index (Phi) is 6.03. The predicted octanol–water partition coefficient (Wildman–Crippen LogP) is 6.09. The summed E-state index contributed by atoms with van der Waals surface area (Å²) in [6.45, 7) is 3.82. The first-order valence-electron chi connectivity index (χ1n) is 11.6. The van der Waals surface area contributed by atoms with E-state index in [1.807, 2.05) is 34.3 Å². The van der Waals surface area contributed by atoms with Gasteiger partial charge in [0, 0.05) is 48.7 Å². The molecule has 4 aromatic heterocycles. The monoisotopic (exact) mass is 532 g/mol. The quantitative estimate of drug-likeness (QED) is 0.286. The summed E-state index contributed by atoms with van der Waals surface area (Å²) in [6, 6.07) is 14.9. The van der Waals surface area contributed by atoms with Crippen molar-refractivity contribution in [3.05, 3.63) is 87.7 Å². The molecule has 1 aromatic carbocycles. The Morgan fingerprint density at radius 2 is 2.09 bits per heavy atom. The van der Waals surface area contributed by atoms with Crippen molar-refractivity contribution in [2.45, 2.75) is 31.8 Å². The summed E-state index contributed by atoms with van der Waals surface area (Å²) in [5.74, 6) is 1.35. The Labute approximate surface area is 210 Å². The number of nitrogens with one attached hydrogen (secondary N) is 1. The van der Waals surface area contributed by atoms with E-state index in [1.54, 1.807) is 6.20 Å². The van der Waals surface area contributed by atoms with Crippen LogP contribution in [0.5, 0.6) is 0 Å². The van der Waals surface area contributed by atoms with Gasteiger partial charge in [-0.3, -0.25) is 9.88 Å². The van der Waals surface area contributed by atoms with E-state index in [1.165, 1.54) is 22.1 Å². The highest BCUT2D eigenvalue weighted by atomic mass is 79.9. The van der Waals surface area contributed by atoms with Crippen molar-refractivity contribution in [1.29, 1.82) is 0 Å². The highest BCUT2D eigenvalue weighted by Gasteiger charge is 2.25. The number of nitrogens with zero attached hydrogens (tertiary/aromatic N) is 5. The molecule has 6 rings (SSSR count). The molecule has 1 saturated heterocycles. The molecule has 34 heavy (non-hydrogen) atoms. The van der Waals surface area contributed by atoms with Gasteiger partial charge in [0.05, 0.1) is 16.4 Å². The lowest BCUT2D eigenvalue weighted by molar-refractivity contribution is 0.199. The van der Waals surface area contributed by atoms with Gasteiger partial charge in [-0.15, -0.1) is 11.3 Å². The van der Waals surface area contributed by atoms with Crippen LogP contribution in [0.15, 0.2) is 70.9 Å². The SMILES string of the molecule is Brc1cnn2c(NCc3cccnc3)cc([C@@H]3CCCN(Cc4csc5ccccc45)C3)nc12. The molecule has 1 aliphatic heterocycles. The van der Waals surface area contributed by atoms with Gasteiger partial charge in [0.25, 0.3) is 0 Å². The number of thiophene rings is 1. The minimum absolute atomic E-state index is 0.393. The minimum atomic E-state index is 0.393. The van der Waals surface area contributed by atoms with Crippen molar-refractivity contribution in [3.63, 3.8) is 0 Å². The molecule has 0 aliphatic carbocycles. The van der Waals surface area contributed by atoms with Crippen molar-refractivity contribution < 1.29 is 0 Å². The van der Waals surface area contributed by atoms with Crippen molar-refractivity contribution in [2.24, 2.45) is 0 Å². The Hall–Kier alpha value is -2.81. The fourth-order valence-corrected chi connectivity index (χ4v) is 6.12. The van der Waals surface area contributed by atoms with E-state index in [-0.39, 0.29) is 0 Å². The number of pyridine rings is 1. The number of piperidine rings is 1. The third-order valence-electron chi connectivity index (χ3n) is 6.52. The van der Waals surface area contributed by atoms with Crippen molar-refractivity contribution >= 4 is 48.8 Å². The smallest absolute Gasteiger partial charge is 0.171 e. The van der Waals surface area contributed by atoms with Crippen molar-refractivity contribution in [3.8, 4) is 0 Å². The van der Waals surface area contributed by atoms with E-state index in [2.05, 4.69) is 78.0 Å². The highest BCUT2D eigenvalue weighted by Crippen LogP contribution is 2.32. The van der Waals surface area contributed by atoms with E-state index in [4.69, 9.17) is 4.98 Å². The van der Waals surface area contributed by atoms with Crippen LogP contribution in [0.25, 0.3) is 15.7 Å². The molecule has 0 unspecified atom stereocenters. The zero-order valence-corrected chi connectivity index (χ0v) is 21.1. The topological polar surface area (TPSA) is 58.4 Å². The predicted molar refractivity (Wildman–Crippen MR) is 141 cm³/mol. The number of likely N-dealkylation sites (tertiary alicyclic amines) is 1. The van der Waals surface area contributed by atoms with Gasteiger partial charge in [-0.25, -0.2) is 4.98 Å². The number of hydrogen-bond donors (Lipinski definition) is 1. The number of fused-ring (bicyclic) bond motifs is 2. The maximum absolute atomic E-state index is 5.03. The molecule has 1 atom stereocenters. The van der Waals surface area contributed by atoms with Crippen LogP contribution in [-0.4, -0.2) is 37.6 Å². The molecule has 0 radical (unpaired) electrons. The summed E-state index contributed by atoms with van der Waals surface area (Å²) in [7, 11) is 0. The third-order valence-corrected chi connectivity index (χ3v) is 8.10. The molecule has 8 heteroatoms. The third kappa shape index (κ3) is 4.33. The number of rotatable bonds is 6. The minimum Gasteiger partial charge on any atom is -0.366 e. The van der Waals surface area contributed by atoms with E-state index < -0.39 is 0 Å². The Morgan fingerprint density at radius 1 is 1.15 bits per heavy atom. The molecule has 1 fully saturated rings. The molecule has 5 heterocycles. The summed E-state index contributed by atoms with van der Waals surface area (Å²) < 4.78 is 4.16. The van der Waals surface area contributed by atoms with Gasteiger partial charge in [-0.1, -0.05) is 24.3 Å². The zero-order valence-electron chi connectivity index (χ0n) is 18.7. The second kappa shape index (κ2) is 9.44. The number of benzene rings is 1. The second-order valence-corrected chi connectivity index (χ2v) is 10.6. The lowest BCUT2D eigenvalue weighted by Gasteiger charge is -2.32. The highest BCUT2D eigenvalue weighted by molar-refractivity contribution is 9.10. The first-order valence-corrected chi connectivity index (χ1v) is 13.3. The van der Waals surface area contributed by atoms with E-state index in [0.717, 1.165) is 53.3 Å². The van der Waals surface area contributed by atoms with Crippen molar-refractivity contribution in [2.75, 3.05) is 18.4 Å². The van der Waals surface area contributed by atoms with Gasteiger partial charge < -0.3 is 5.32 Å². The normalized spacial score (nSPS) is 16.9. The Morgan fingerprint density at radius 3 is 3.00 bits per heavy atom. The van der Waals surface area contributed by atoms with Gasteiger partial charge in [-0.2, -0.15) is 9.61 Å². The number of anilines is 1. The molecule has 1 N–H and O–H groups in total. The Balaban J connectivity index is 1.25. The first-order chi connectivity index (χ1) is 16.7. The van der Waals surface area contributed by atoms with Crippen LogP contribution in [0.2, 0.25) is 0 Å². The summed E-state index contributed by atoms with van der Waals surface area (Å²) in [6.07, 6.45) is 7.83. The fraction of sp³-hybridized carbons (Fsp3) is 0.269. The van der Waals surface area contributed by atoms with Gasteiger partial charge >= 0.3 is 0 Å². The Bertz CT molecular complexity index is 1430. The summed E-state index contributed by atoms with van der Waals surface area (Å²) in [5.41, 5.74) is 4.54. The number of aromatic nitrogens is 4. The maximum atomic E-state index is 5.03. The molecule has 172 valence electrons. The molecule has 0 bridgehead atoms. The molecular weight excluding hydrogens is 508 g/mol. The molecule has 6 nitrogen and oxygen atoms in total. The molecular formula is C26H25BrN6S. The summed E-state index contributed by atoms with van der Waals surface area (Å²) in [5, 5.41) is 11.8. The van der Waals surface area contributed by atoms with Crippen LogP contribution < -0.4 is 5.32 Å². The van der Waals surface area contributed by atoms with Gasteiger partial charge in [0.1, 0.15) is 5.82 Å². The summed E-state index contributed by atoms with van der Waals surface area (Å²) in [4.78, 5) is 11.8. The standard InChI is InChI=1S/C26H25BrN6S/c27-22-14-30-33-25(29-13-18-5-3-9-28-12-18)11-23(31-26(22)33)19-6-4-10-32(15-19)16-20-17-34-24-8-2-1-7-21(20)24/h1-3,5,7-9,11-12,14,17,19,29H,4,6,10,13,15-16H2/t19-/m1/s1. The van der Waals surface area contributed by atoms with E-state index >= 15 is 0 Å². The molecule has 0 saturated carbocycles. The molecule has 5 aromatic rings. The first kappa shape index (κ1) is 21.7. The van der Waals surface area contributed by atoms with Crippen LogP contribution in [0.1, 0.15) is 35.6 Å². The number of halogens is 1. The molecule has 0 amide bonds. The zero-order chi connectivity index (χ0) is 22.9. The van der Waals surface area contributed by atoms with Gasteiger partial charge in [0.15, 0.2) is 5.65 Å². The summed E-state index contributed by atoms with van der Waals surface area (Å²) >= 11 is 5.48. The van der Waals surface area contributed by atoms with E-state index in [9.17, 15) is 0 Å².